The molecule has 19 heavy (non-hydrogen) atoms. The van der Waals surface area contributed by atoms with Crippen molar-refractivity contribution in [2.75, 3.05) is 11.9 Å². The van der Waals surface area contributed by atoms with Gasteiger partial charge in [0.15, 0.2) is 0 Å². The summed E-state index contributed by atoms with van der Waals surface area (Å²) in [5, 5.41) is 3.01. The summed E-state index contributed by atoms with van der Waals surface area (Å²) in [5.41, 5.74) is 7.84. The molecule has 0 heterocycles. The average molecular weight is 260 g/mol. The van der Waals surface area contributed by atoms with Crippen LogP contribution in [0.4, 0.5) is 5.69 Å². The van der Waals surface area contributed by atoms with Crippen LogP contribution in [0.3, 0.4) is 0 Å². The lowest BCUT2D eigenvalue weighted by Gasteiger charge is -2.23. The Hall–Kier alpha value is -1.35. The minimum Gasteiger partial charge on any atom is -0.330 e. The summed E-state index contributed by atoms with van der Waals surface area (Å²) in [7, 11) is 0. The summed E-state index contributed by atoms with van der Waals surface area (Å²) in [5.74, 6) is 0.378. The van der Waals surface area contributed by atoms with Crippen LogP contribution < -0.4 is 11.1 Å². The molecule has 0 saturated heterocycles. The quantitative estimate of drug-likeness (QED) is 0.874. The van der Waals surface area contributed by atoms with Gasteiger partial charge < -0.3 is 11.1 Å². The predicted octanol–water partition coefficient (Wildman–Crippen LogP) is 3.05. The van der Waals surface area contributed by atoms with Crippen LogP contribution in [0.1, 0.15) is 45.1 Å². The Morgan fingerprint density at radius 3 is 2.37 bits per heavy atom. The van der Waals surface area contributed by atoms with E-state index < -0.39 is 0 Å². The molecule has 2 rings (SSSR count). The van der Waals surface area contributed by atoms with Gasteiger partial charge in [0.25, 0.3) is 0 Å². The number of carbonyl (C=O) groups excluding carboxylic acids is 1. The van der Waals surface area contributed by atoms with Crippen molar-refractivity contribution < 1.29 is 4.79 Å². The first-order valence-electron chi connectivity index (χ1n) is 7.14. The number of benzene rings is 1. The van der Waals surface area contributed by atoms with Gasteiger partial charge in [-0.3, -0.25) is 4.79 Å². The van der Waals surface area contributed by atoms with E-state index in [1.807, 2.05) is 12.1 Å². The third-order valence-corrected chi connectivity index (χ3v) is 4.17. The van der Waals surface area contributed by atoms with E-state index in [1.54, 1.807) is 0 Å². The first-order chi connectivity index (χ1) is 9.03. The number of hydrogen-bond donors (Lipinski definition) is 2. The Morgan fingerprint density at radius 2 is 1.84 bits per heavy atom. The van der Waals surface area contributed by atoms with Crippen LogP contribution in [0.5, 0.6) is 0 Å². The summed E-state index contributed by atoms with van der Waals surface area (Å²) in [6, 6.07) is 8.05. The Balaban J connectivity index is 2.00. The first-order valence-corrected chi connectivity index (χ1v) is 7.14. The van der Waals surface area contributed by atoms with Gasteiger partial charge in [-0.05, 0) is 30.5 Å². The molecule has 104 valence electrons. The zero-order valence-corrected chi connectivity index (χ0v) is 11.9. The molecule has 1 fully saturated rings. The van der Waals surface area contributed by atoms with E-state index in [-0.39, 0.29) is 17.2 Å². The largest absolute Gasteiger partial charge is 0.330 e. The van der Waals surface area contributed by atoms with Gasteiger partial charge in [0.1, 0.15) is 0 Å². The highest BCUT2D eigenvalue weighted by Crippen LogP contribution is 2.27. The average Bonchev–Trinajstić information content (AvgIpc) is 2.93. The van der Waals surface area contributed by atoms with Gasteiger partial charge >= 0.3 is 0 Å². The Labute approximate surface area is 115 Å². The molecule has 0 unspecified atom stereocenters. The maximum absolute atomic E-state index is 12.0. The van der Waals surface area contributed by atoms with E-state index in [9.17, 15) is 4.79 Å². The number of anilines is 1. The van der Waals surface area contributed by atoms with E-state index in [1.165, 1.54) is 18.4 Å². The molecule has 1 amide bonds. The number of nitrogens with two attached hydrogens (primary N) is 1. The fourth-order valence-electron chi connectivity index (χ4n) is 2.55. The third kappa shape index (κ3) is 3.35. The van der Waals surface area contributed by atoms with Gasteiger partial charge in [-0.2, -0.15) is 0 Å². The lowest BCUT2D eigenvalue weighted by molar-refractivity contribution is -0.119. The number of hydrogen-bond acceptors (Lipinski definition) is 2. The molecule has 0 atom stereocenters. The SMILES string of the molecule is CC(C)(CN)c1ccc(NC(=O)C2CCCC2)cc1. The number of amides is 1. The van der Waals surface area contributed by atoms with Crippen LogP contribution >= 0.6 is 0 Å². The molecule has 1 saturated carbocycles. The topological polar surface area (TPSA) is 55.1 Å². The molecular formula is C16H24N2O. The number of carbonyl (C=O) groups is 1. The van der Waals surface area contributed by atoms with Crippen LogP contribution in [0.25, 0.3) is 0 Å². The predicted molar refractivity (Wildman–Crippen MR) is 79.1 cm³/mol. The number of nitrogens with one attached hydrogen (secondary N) is 1. The lowest BCUT2D eigenvalue weighted by atomic mass is 9.85. The Morgan fingerprint density at radius 1 is 1.26 bits per heavy atom. The maximum Gasteiger partial charge on any atom is 0.227 e. The molecule has 1 aromatic carbocycles. The molecule has 3 nitrogen and oxygen atoms in total. The monoisotopic (exact) mass is 260 g/mol. The molecule has 0 aromatic heterocycles. The lowest BCUT2D eigenvalue weighted by Crippen LogP contribution is -2.28. The highest BCUT2D eigenvalue weighted by molar-refractivity contribution is 5.92. The summed E-state index contributed by atoms with van der Waals surface area (Å²) < 4.78 is 0. The zero-order chi connectivity index (χ0) is 13.9. The zero-order valence-electron chi connectivity index (χ0n) is 11.9. The third-order valence-electron chi connectivity index (χ3n) is 4.17. The van der Waals surface area contributed by atoms with Gasteiger partial charge in [0, 0.05) is 23.6 Å². The fraction of sp³-hybridized carbons (Fsp3) is 0.562. The van der Waals surface area contributed by atoms with E-state index in [4.69, 9.17) is 5.73 Å². The molecule has 1 aromatic rings. The summed E-state index contributed by atoms with van der Waals surface area (Å²) in [6.07, 6.45) is 4.43. The molecule has 1 aliphatic carbocycles. The highest BCUT2D eigenvalue weighted by Gasteiger charge is 2.23. The minimum atomic E-state index is -0.0198. The van der Waals surface area contributed by atoms with Gasteiger partial charge in [0.05, 0.1) is 0 Å². The second-order valence-corrected chi connectivity index (χ2v) is 6.14. The van der Waals surface area contributed by atoms with E-state index in [2.05, 4.69) is 31.3 Å². The van der Waals surface area contributed by atoms with Crippen LogP contribution in [-0.2, 0) is 10.2 Å². The van der Waals surface area contributed by atoms with Gasteiger partial charge in [-0.1, -0.05) is 38.8 Å². The molecule has 0 aliphatic heterocycles. The maximum atomic E-state index is 12.0. The molecule has 3 heteroatoms. The van der Waals surface area contributed by atoms with Crippen molar-refractivity contribution in [3.63, 3.8) is 0 Å². The van der Waals surface area contributed by atoms with Crippen molar-refractivity contribution in [3.8, 4) is 0 Å². The van der Waals surface area contributed by atoms with Crippen molar-refractivity contribution in [2.24, 2.45) is 11.7 Å². The van der Waals surface area contributed by atoms with Crippen LogP contribution in [0.15, 0.2) is 24.3 Å². The molecule has 0 bridgehead atoms. The second kappa shape index (κ2) is 5.74. The van der Waals surface area contributed by atoms with Crippen molar-refractivity contribution >= 4 is 11.6 Å². The minimum absolute atomic E-state index is 0.0198. The summed E-state index contributed by atoms with van der Waals surface area (Å²) in [4.78, 5) is 12.0. The van der Waals surface area contributed by atoms with E-state index >= 15 is 0 Å². The van der Waals surface area contributed by atoms with Gasteiger partial charge in [0.2, 0.25) is 5.91 Å². The molecule has 0 radical (unpaired) electrons. The van der Waals surface area contributed by atoms with E-state index in [0.29, 0.717) is 6.54 Å². The molecule has 3 N–H and O–H groups in total. The number of rotatable bonds is 4. The summed E-state index contributed by atoms with van der Waals surface area (Å²) in [6.45, 7) is 4.86. The molecular weight excluding hydrogens is 236 g/mol. The fourth-order valence-corrected chi connectivity index (χ4v) is 2.55. The van der Waals surface area contributed by atoms with Crippen molar-refractivity contribution in [2.45, 2.75) is 44.9 Å². The van der Waals surface area contributed by atoms with Crippen molar-refractivity contribution in [3.05, 3.63) is 29.8 Å². The van der Waals surface area contributed by atoms with Crippen molar-refractivity contribution in [1.29, 1.82) is 0 Å². The Bertz CT molecular complexity index is 431. The van der Waals surface area contributed by atoms with Crippen LogP contribution in [-0.4, -0.2) is 12.5 Å². The van der Waals surface area contributed by atoms with Crippen LogP contribution in [0.2, 0.25) is 0 Å². The standard InChI is InChI=1S/C16H24N2O/c1-16(2,11-17)13-7-9-14(10-8-13)18-15(19)12-5-3-4-6-12/h7-10,12H,3-6,11,17H2,1-2H3,(H,18,19). The smallest absolute Gasteiger partial charge is 0.227 e. The normalized spacial score (nSPS) is 16.6. The van der Waals surface area contributed by atoms with E-state index in [0.717, 1.165) is 18.5 Å². The van der Waals surface area contributed by atoms with Gasteiger partial charge in [-0.15, -0.1) is 0 Å². The van der Waals surface area contributed by atoms with Crippen molar-refractivity contribution in [1.82, 2.24) is 0 Å². The molecule has 0 spiro atoms. The highest BCUT2D eigenvalue weighted by atomic mass is 16.1. The summed E-state index contributed by atoms with van der Waals surface area (Å²) >= 11 is 0. The van der Waals surface area contributed by atoms with Gasteiger partial charge in [-0.25, -0.2) is 0 Å². The molecule has 1 aliphatic rings. The van der Waals surface area contributed by atoms with Crippen LogP contribution in [0, 0.1) is 5.92 Å². The Kier molecular flexibility index (Phi) is 4.25. The second-order valence-electron chi connectivity index (χ2n) is 6.14. The first kappa shape index (κ1) is 14.1.